The summed E-state index contributed by atoms with van der Waals surface area (Å²) in [5.74, 6) is 2.05. The number of nitrogens with zero attached hydrogens (tertiary/aromatic N) is 7. The molecular formula is C55H70N10O8. The predicted octanol–water partition coefficient (Wildman–Crippen LogP) is 6.46. The molecule has 388 valence electrons. The molecule has 0 bridgehead atoms. The van der Waals surface area contributed by atoms with E-state index in [-0.39, 0.29) is 42.1 Å². The van der Waals surface area contributed by atoms with Crippen LogP contribution in [0, 0.1) is 13.8 Å². The fourth-order valence-electron chi connectivity index (χ4n) is 9.37. The van der Waals surface area contributed by atoms with Gasteiger partial charge in [0.2, 0.25) is 11.8 Å². The summed E-state index contributed by atoms with van der Waals surface area (Å²) in [5, 5.41) is 11.0. The van der Waals surface area contributed by atoms with Gasteiger partial charge in [0.05, 0.1) is 31.8 Å². The maximum Gasteiger partial charge on any atom is 0.411 e. The average Bonchev–Trinajstić information content (AvgIpc) is 3.37. The largest absolute Gasteiger partial charge is 0.497 e. The molecule has 73 heavy (non-hydrogen) atoms. The Morgan fingerprint density at radius 3 is 1.58 bits per heavy atom. The van der Waals surface area contributed by atoms with Gasteiger partial charge in [0.25, 0.3) is 11.1 Å². The number of anilines is 2. The van der Waals surface area contributed by atoms with E-state index >= 15 is 0 Å². The Morgan fingerprint density at radius 1 is 0.644 bits per heavy atom. The molecule has 0 aliphatic carbocycles. The zero-order valence-corrected chi connectivity index (χ0v) is 43.2. The van der Waals surface area contributed by atoms with Crippen molar-refractivity contribution in [1.29, 1.82) is 0 Å². The Hall–Kier alpha value is -7.15. The Labute approximate surface area is 426 Å². The van der Waals surface area contributed by atoms with E-state index in [4.69, 9.17) is 14.2 Å². The highest BCUT2D eigenvalue weighted by Crippen LogP contribution is 2.25. The Balaban J connectivity index is 0.000000218. The lowest BCUT2D eigenvalue weighted by Crippen LogP contribution is -2.51. The second-order valence-electron chi connectivity index (χ2n) is 19.6. The van der Waals surface area contributed by atoms with Crippen molar-refractivity contribution in [3.05, 3.63) is 129 Å². The van der Waals surface area contributed by atoms with Crippen LogP contribution in [0.3, 0.4) is 0 Å². The van der Waals surface area contributed by atoms with Gasteiger partial charge < -0.3 is 49.1 Å². The van der Waals surface area contributed by atoms with Gasteiger partial charge >= 0.3 is 6.09 Å². The fraction of sp³-hybridized carbons (Fsp3) is 0.436. The van der Waals surface area contributed by atoms with Gasteiger partial charge in [-0.05, 0) is 133 Å². The van der Waals surface area contributed by atoms with Crippen molar-refractivity contribution in [2.45, 2.75) is 91.1 Å². The molecule has 0 saturated carbocycles. The van der Waals surface area contributed by atoms with Crippen LogP contribution in [0.2, 0.25) is 0 Å². The van der Waals surface area contributed by atoms with E-state index in [0.29, 0.717) is 55.9 Å². The van der Waals surface area contributed by atoms with Crippen LogP contribution in [-0.4, -0.2) is 136 Å². The Morgan fingerprint density at radius 2 is 1.12 bits per heavy atom. The van der Waals surface area contributed by atoms with E-state index in [0.717, 1.165) is 84.2 Å². The first-order valence-corrected chi connectivity index (χ1v) is 25.0. The average molecular weight is 999 g/mol. The Bertz CT molecular complexity index is 2940. The van der Waals surface area contributed by atoms with Crippen molar-refractivity contribution in [1.82, 2.24) is 39.1 Å². The summed E-state index contributed by atoms with van der Waals surface area (Å²) < 4.78 is 20.1. The maximum atomic E-state index is 13.1. The number of likely N-dealkylation sites (tertiary alicyclic amines) is 2. The van der Waals surface area contributed by atoms with Crippen LogP contribution >= 0.6 is 0 Å². The molecule has 0 unspecified atom stereocenters. The number of hydrogen-bond acceptors (Lipinski definition) is 13. The van der Waals surface area contributed by atoms with Crippen molar-refractivity contribution in [2.75, 3.05) is 77.2 Å². The standard InChI is InChI=1S/C30H39N5O5.C25H31N5O3/c1-21-18-28(37)34(25-19-23(39-5)9-10-24(21)25)17-16-33-14-11-22(12-15-33)35(29(38)40-30(2,3)4)20-27(36)32-26-8-6-7-13-31-26;1-18-15-25(32)30(22-16-20(33-2)6-7-21(18)22)14-13-29-11-8-19(9-12-29)27-17-24(31)28-23-5-3-4-10-26-23/h6-10,13,18-19,22H,11-12,14-17,20H2,1-5H3,(H,31,32,36);3-7,10,15-16,19,27H,8-9,11-14,17H2,1-2H3,(H,26,28,31). The van der Waals surface area contributed by atoms with Gasteiger partial charge in [-0.25, -0.2) is 14.8 Å². The minimum absolute atomic E-state index is 0.0173. The normalized spacial score (nSPS) is 14.8. The third-order valence-corrected chi connectivity index (χ3v) is 13.3. The highest BCUT2D eigenvalue weighted by atomic mass is 16.6. The number of aromatic nitrogens is 4. The lowest BCUT2D eigenvalue weighted by atomic mass is 10.0. The van der Waals surface area contributed by atoms with Gasteiger partial charge in [-0.1, -0.05) is 12.1 Å². The monoisotopic (exact) mass is 999 g/mol. The molecule has 2 aromatic carbocycles. The third kappa shape index (κ3) is 15.0. The van der Waals surface area contributed by atoms with Crippen molar-refractivity contribution < 1.29 is 28.6 Å². The first kappa shape index (κ1) is 53.6. The van der Waals surface area contributed by atoms with E-state index in [1.165, 1.54) is 4.90 Å². The lowest BCUT2D eigenvalue weighted by Gasteiger charge is -2.38. The van der Waals surface area contributed by atoms with Gasteiger partial charge in [-0.15, -0.1) is 0 Å². The number of carbonyl (C=O) groups is 3. The van der Waals surface area contributed by atoms with E-state index in [1.54, 1.807) is 67.6 Å². The number of rotatable bonds is 16. The second kappa shape index (κ2) is 25.0. The van der Waals surface area contributed by atoms with Gasteiger partial charge in [0.1, 0.15) is 35.3 Å². The molecule has 2 saturated heterocycles. The number of pyridine rings is 4. The molecule has 4 aromatic heterocycles. The van der Waals surface area contributed by atoms with E-state index < -0.39 is 11.7 Å². The molecule has 2 aliphatic rings. The van der Waals surface area contributed by atoms with Crippen LogP contribution in [0.15, 0.2) is 107 Å². The molecule has 2 fully saturated rings. The molecule has 6 heterocycles. The number of nitrogens with one attached hydrogen (secondary N) is 3. The van der Waals surface area contributed by atoms with E-state index in [1.807, 2.05) is 87.7 Å². The van der Waals surface area contributed by atoms with Crippen LogP contribution in [-0.2, 0) is 27.4 Å². The first-order valence-electron chi connectivity index (χ1n) is 25.0. The predicted molar refractivity (Wildman–Crippen MR) is 285 cm³/mol. The van der Waals surface area contributed by atoms with Crippen molar-refractivity contribution >= 4 is 51.3 Å². The molecule has 0 atom stereocenters. The topological polar surface area (TPSA) is 194 Å². The number of piperidine rings is 2. The highest BCUT2D eigenvalue weighted by molar-refractivity contribution is 5.93. The lowest BCUT2D eigenvalue weighted by molar-refractivity contribution is -0.118. The molecule has 3 N–H and O–H groups in total. The van der Waals surface area contributed by atoms with Gasteiger partial charge in [-0.3, -0.25) is 24.1 Å². The molecule has 3 amide bonds. The van der Waals surface area contributed by atoms with Crippen molar-refractivity contribution in [3.8, 4) is 11.5 Å². The minimum atomic E-state index is -0.680. The second-order valence-corrected chi connectivity index (χ2v) is 19.6. The van der Waals surface area contributed by atoms with Crippen LogP contribution in [0.4, 0.5) is 16.4 Å². The number of amides is 3. The molecule has 18 heteroatoms. The number of ether oxygens (including phenoxy) is 3. The molecule has 0 radical (unpaired) electrons. The minimum Gasteiger partial charge on any atom is -0.497 e. The third-order valence-electron chi connectivity index (χ3n) is 13.3. The first-order chi connectivity index (χ1) is 35.1. The van der Waals surface area contributed by atoms with E-state index in [9.17, 15) is 24.0 Å². The SMILES string of the molecule is COc1ccc2c(C)cc(=O)n(CCN3CCC(N(CC(=O)Nc4ccccn4)C(=O)OC(C)(C)C)CC3)c2c1.COc1ccc2c(C)cc(=O)n(CCN3CCC(NCC(=O)Nc4ccccn4)CC3)c2c1. The van der Waals surface area contributed by atoms with Gasteiger partial charge in [0, 0.05) is 98.8 Å². The highest BCUT2D eigenvalue weighted by Gasteiger charge is 2.33. The summed E-state index contributed by atoms with van der Waals surface area (Å²) in [6.45, 7) is 15.5. The molecule has 18 nitrogen and oxygen atoms in total. The zero-order chi connectivity index (χ0) is 52.1. The summed E-state index contributed by atoms with van der Waals surface area (Å²) >= 11 is 0. The molecule has 6 aromatic rings. The fourth-order valence-corrected chi connectivity index (χ4v) is 9.37. The summed E-state index contributed by atoms with van der Waals surface area (Å²) in [7, 11) is 3.26. The summed E-state index contributed by atoms with van der Waals surface area (Å²) in [6.07, 6.45) is 6.06. The number of benzene rings is 2. The number of hydrogen-bond donors (Lipinski definition) is 3. The number of carbonyl (C=O) groups excluding carboxylic acids is 3. The molecule has 8 rings (SSSR count). The number of methoxy groups -OCH3 is 2. The van der Waals surface area contributed by atoms with Crippen molar-refractivity contribution in [2.24, 2.45) is 0 Å². The molecule has 0 spiro atoms. The summed E-state index contributed by atoms with van der Waals surface area (Å²) in [6, 6.07) is 25.9. The van der Waals surface area contributed by atoms with Crippen LogP contribution in [0.25, 0.3) is 21.8 Å². The van der Waals surface area contributed by atoms with Gasteiger partial charge in [0.15, 0.2) is 0 Å². The molecular weight excluding hydrogens is 929 g/mol. The summed E-state index contributed by atoms with van der Waals surface area (Å²) in [5.41, 5.74) is 2.98. The maximum absolute atomic E-state index is 13.1. The van der Waals surface area contributed by atoms with Crippen LogP contribution < -0.4 is 36.5 Å². The van der Waals surface area contributed by atoms with Crippen LogP contribution in [0.1, 0.15) is 57.6 Å². The Kier molecular flexibility index (Phi) is 18.4. The smallest absolute Gasteiger partial charge is 0.411 e. The number of fused-ring (bicyclic) bond motifs is 2. The quantitative estimate of drug-likeness (QED) is 0.0958. The number of aryl methyl sites for hydroxylation is 2. The van der Waals surface area contributed by atoms with Gasteiger partial charge in [-0.2, -0.15) is 0 Å². The zero-order valence-electron chi connectivity index (χ0n) is 43.2. The van der Waals surface area contributed by atoms with Crippen molar-refractivity contribution in [3.63, 3.8) is 0 Å². The van der Waals surface area contributed by atoms with Crippen LogP contribution in [0.5, 0.6) is 11.5 Å². The summed E-state index contributed by atoms with van der Waals surface area (Å²) in [4.78, 5) is 78.1. The van der Waals surface area contributed by atoms with E-state index in [2.05, 4.69) is 35.7 Å². The molecule has 2 aliphatic heterocycles.